The van der Waals surface area contributed by atoms with Gasteiger partial charge in [0.2, 0.25) is 0 Å². The number of aryl methyl sites for hydroxylation is 1. The second-order valence-electron chi connectivity index (χ2n) is 6.87. The maximum atomic E-state index is 12.4. The summed E-state index contributed by atoms with van der Waals surface area (Å²) in [5, 5.41) is 0. The Hall–Kier alpha value is -2.41. The van der Waals surface area contributed by atoms with Crippen molar-refractivity contribution in [2.24, 2.45) is 0 Å². The van der Waals surface area contributed by atoms with Crippen LogP contribution in [-0.4, -0.2) is 18.3 Å². The molecule has 0 aliphatic carbocycles. The molecule has 2 heterocycles. The molecule has 0 saturated carbocycles. The molecule has 0 N–H and O–H groups in total. The lowest BCUT2D eigenvalue weighted by Gasteiger charge is -2.08. The van der Waals surface area contributed by atoms with Crippen molar-refractivity contribution >= 4 is 0 Å². The van der Waals surface area contributed by atoms with E-state index in [0.29, 0.717) is 0 Å². The number of ether oxygens (including phenoxy) is 2. The smallest absolute Gasteiger partial charge is 0.387 e. The van der Waals surface area contributed by atoms with Crippen molar-refractivity contribution in [2.75, 3.05) is 7.11 Å². The number of alkyl halides is 2. The number of halogens is 3. The summed E-state index contributed by atoms with van der Waals surface area (Å²) < 4.78 is 39.2. The van der Waals surface area contributed by atoms with Gasteiger partial charge in [-0.05, 0) is 67.8 Å². The van der Waals surface area contributed by atoms with Gasteiger partial charge in [-0.3, -0.25) is 0 Å². The van der Waals surface area contributed by atoms with E-state index in [1.807, 2.05) is 36.4 Å². The van der Waals surface area contributed by atoms with E-state index in [4.69, 9.17) is 4.74 Å². The number of aromatic nitrogens is 2. The third-order valence-corrected chi connectivity index (χ3v) is 5.11. The molecule has 29 heavy (non-hydrogen) atoms. The molecule has 1 aliphatic heterocycles. The number of hydrogen-bond acceptors (Lipinski definition) is 2. The third kappa shape index (κ3) is 4.61. The number of nitrogens with zero attached hydrogens (tertiary/aromatic N) is 2. The van der Waals surface area contributed by atoms with Crippen LogP contribution in [0, 0.1) is 0 Å². The summed E-state index contributed by atoms with van der Waals surface area (Å²) in [6.07, 6.45) is 6.69. The van der Waals surface area contributed by atoms with Crippen molar-refractivity contribution in [3.63, 3.8) is 0 Å². The molecule has 0 amide bonds. The Kier molecular flexibility index (Phi) is 6.90. The highest BCUT2D eigenvalue weighted by Gasteiger charge is 2.27. The molecule has 0 spiro atoms. The van der Waals surface area contributed by atoms with Crippen molar-refractivity contribution in [3.05, 3.63) is 60.6 Å². The third-order valence-electron chi connectivity index (χ3n) is 5.11. The van der Waals surface area contributed by atoms with Crippen LogP contribution in [0.25, 0.3) is 16.9 Å². The summed E-state index contributed by atoms with van der Waals surface area (Å²) >= 11 is 0. The van der Waals surface area contributed by atoms with Crippen LogP contribution in [0.5, 0.6) is 11.5 Å². The Bertz CT molecular complexity index is 941. The first-order valence-corrected chi connectivity index (χ1v) is 9.49. The van der Waals surface area contributed by atoms with Crippen molar-refractivity contribution < 1.29 is 39.8 Å². The minimum absolute atomic E-state index is 0. The summed E-state index contributed by atoms with van der Waals surface area (Å²) in [7, 11) is 1.65. The highest BCUT2D eigenvalue weighted by molar-refractivity contribution is 5.62. The van der Waals surface area contributed by atoms with Crippen LogP contribution >= 0.6 is 0 Å². The van der Waals surface area contributed by atoms with Crippen LogP contribution in [0.4, 0.5) is 8.78 Å². The first-order chi connectivity index (χ1) is 13.7. The molecule has 7 heteroatoms. The lowest BCUT2D eigenvalue weighted by molar-refractivity contribution is -0.702. The first-order valence-electron chi connectivity index (χ1n) is 9.49. The van der Waals surface area contributed by atoms with E-state index < -0.39 is 6.61 Å². The zero-order chi connectivity index (χ0) is 19.5. The molecule has 4 rings (SSSR count). The lowest BCUT2D eigenvalue weighted by Crippen LogP contribution is -3.00. The van der Waals surface area contributed by atoms with Gasteiger partial charge in [0.05, 0.1) is 13.7 Å². The van der Waals surface area contributed by atoms with Gasteiger partial charge in [0.15, 0.2) is 5.69 Å². The Morgan fingerprint density at radius 1 is 0.931 bits per heavy atom. The van der Waals surface area contributed by atoms with Crippen LogP contribution in [-0.2, 0) is 13.0 Å². The van der Waals surface area contributed by atoms with Crippen molar-refractivity contribution in [3.8, 4) is 28.4 Å². The van der Waals surface area contributed by atoms with Gasteiger partial charge in [-0.1, -0.05) is 0 Å². The highest BCUT2D eigenvalue weighted by Crippen LogP contribution is 2.29. The van der Waals surface area contributed by atoms with E-state index in [2.05, 4.69) is 20.1 Å². The quantitative estimate of drug-likeness (QED) is 0.538. The molecule has 4 nitrogen and oxygen atoms in total. The molecule has 0 atom stereocenters. The summed E-state index contributed by atoms with van der Waals surface area (Å²) in [4.78, 5) is 0. The molecule has 1 aromatic heterocycles. The summed E-state index contributed by atoms with van der Waals surface area (Å²) in [5.41, 5.74) is 3.04. The van der Waals surface area contributed by atoms with Gasteiger partial charge in [-0.2, -0.15) is 13.3 Å². The molecule has 1 aliphatic rings. The zero-order valence-corrected chi connectivity index (χ0v) is 17.7. The maximum Gasteiger partial charge on any atom is 0.387 e. The van der Waals surface area contributed by atoms with E-state index >= 15 is 0 Å². The Morgan fingerprint density at radius 2 is 1.62 bits per heavy atom. The van der Waals surface area contributed by atoms with Crippen LogP contribution in [0.3, 0.4) is 0 Å². The second-order valence-corrected chi connectivity index (χ2v) is 6.87. The number of hydrogen-bond donors (Lipinski definition) is 0. The Balaban J connectivity index is 0.00000240. The minimum atomic E-state index is -2.82. The Morgan fingerprint density at radius 3 is 2.28 bits per heavy atom. The van der Waals surface area contributed by atoms with E-state index in [9.17, 15) is 8.78 Å². The molecular weight excluding hydrogens is 442 g/mol. The highest BCUT2D eigenvalue weighted by atomic mass is 79.9. The van der Waals surface area contributed by atoms with Crippen LogP contribution in [0.2, 0.25) is 0 Å². The van der Waals surface area contributed by atoms with E-state index in [-0.39, 0.29) is 22.7 Å². The average Bonchev–Trinajstić information content (AvgIpc) is 2.90. The Labute approximate surface area is 179 Å². The fourth-order valence-electron chi connectivity index (χ4n) is 3.77. The van der Waals surface area contributed by atoms with Gasteiger partial charge in [-0.25, -0.2) is 4.57 Å². The van der Waals surface area contributed by atoms with Crippen LogP contribution in [0.15, 0.2) is 54.7 Å². The van der Waals surface area contributed by atoms with Gasteiger partial charge < -0.3 is 26.5 Å². The number of fused-ring (bicyclic) bond motifs is 1. The molecule has 0 saturated heterocycles. The summed E-state index contributed by atoms with van der Waals surface area (Å²) in [5.74, 6) is 2.23. The fraction of sp³-hybridized carbons (Fsp3) is 0.318. The molecular formula is C22H23BrF2N2O2. The fourth-order valence-corrected chi connectivity index (χ4v) is 3.77. The van der Waals surface area contributed by atoms with Gasteiger partial charge in [0, 0.05) is 12.0 Å². The number of benzene rings is 2. The van der Waals surface area contributed by atoms with E-state index in [1.54, 1.807) is 19.2 Å². The molecule has 0 unspecified atom stereocenters. The normalized spacial score (nSPS) is 13.4. The molecule has 154 valence electrons. The number of rotatable bonds is 5. The van der Waals surface area contributed by atoms with Gasteiger partial charge >= 0.3 is 6.61 Å². The second kappa shape index (κ2) is 9.39. The van der Waals surface area contributed by atoms with E-state index in [0.717, 1.165) is 48.5 Å². The van der Waals surface area contributed by atoms with Crippen molar-refractivity contribution in [1.82, 2.24) is 4.57 Å². The topological polar surface area (TPSA) is 27.3 Å². The molecule has 3 aromatic rings. The summed E-state index contributed by atoms with van der Waals surface area (Å²) in [6, 6.07) is 14.8. The molecule has 2 aromatic carbocycles. The predicted octanol–water partition coefficient (Wildman–Crippen LogP) is 1.77. The molecule has 0 fully saturated rings. The standard InChI is InChI=1S/C22H23F2N2O2.BrH/c1-27-18-12-8-17(9-13-18)26-20(15-25-14-4-2-3-5-21(25)26)16-6-10-19(11-7-16)28-22(23)24;/h6-13,15,22H,2-5,14H2,1H3;1H/q+1;/p-1. The molecule has 0 radical (unpaired) electrons. The SMILES string of the molecule is COc1ccc(-n2c(-c3ccc(OC(F)F)cc3)c[n+]3c2CCCCC3)cc1.[Br-]. The number of methoxy groups -OCH3 is 1. The first kappa shape index (κ1) is 21.3. The largest absolute Gasteiger partial charge is 1.00 e. The van der Waals surface area contributed by atoms with Crippen molar-refractivity contribution in [2.45, 2.75) is 38.8 Å². The van der Waals surface area contributed by atoms with Crippen LogP contribution < -0.4 is 31.0 Å². The molecule has 0 bridgehead atoms. The maximum absolute atomic E-state index is 12.4. The van der Waals surface area contributed by atoms with E-state index in [1.165, 1.54) is 12.2 Å². The van der Waals surface area contributed by atoms with Crippen LogP contribution in [0.1, 0.15) is 25.1 Å². The van der Waals surface area contributed by atoms with Crippen molar-refractivity contribution in [1.29, 1.82) is 0 Å². The minimum Gasteiger partial charge on any atom is -1.00 e. The zero-order valence-electron chi connectivity index (χ0n) is 16.2. The van der Waals surface area contributed by atoms with Gasteiger partial charge in [0.1, 0.15) is 23.4 Å². The van der Waals surface area contributed by atoms with Gasteiger partial charge in [0.25, 0.3) is 5.82 Å². The summed E-state index contributed by atoms with van der Waals surface area (Å²) in [6.45, 7) is -1.83. The average molecular weight is 465 g/mol. The lowest BCUT2D eigenvalue weighted by atomic mass is 10.1. The predicted molar refractivity (Wildman–Crippen MR) is 102 cm³/mol. The van der Waals surface area contributed by atoms with Gasteiger partial charge in [-0.15, -0.1) is 0 Å². The number of imidazole rings is 1. The monoisotopic (exact) mass is 464 g/mol.